The first-order valence-electron chi connectivity index (χ1n) is 8.54. The van der Waals surface area contributed by atoms with Crippen LogP contribution in [0.25, 0.3) is 0 Å². The molecule has 1 saturated carbocycles. The highest BCUT2D eigenvalue weighted by Gasteiger charge is 2.36. The van der Waals surface area contributed by atoms with Crippen LogP contribution in [0.2, 0.25) is 0 Å². The zero-order valence-corrected chi connectivity index (χ0v) is 15.2. The summed E-state index contributed by atoms with van der Waals surface area (Å²) in [5.74, 6) is 1.10. The lowest BCUT2D eigenvalue weighted by Crippen LogP contribution is -2.47. The largest absolute Gasteiger partial charge is 0.458 e. The fourth-order valence-corrected chi connectivity index (χ4v) is 3.27. The summed E-state index contributed by atoms with van der Waals surface area (Å²) < 4.78 is 5.33. The number of rotatable bonds is 4. The van der Waals surface area contributed by atoms with Gasteiger partial charge in [-0.2, -0.15) is 0 Å². The summed E-state index contributed by atoms with van der Waals surface area (Å²) in [4.78, 5) is 24.6. The molecule has 0 aliphatic heterocycles. The van der Waals surface area contributed by atoms with E-state index in [1.165, 1.54) is 6.42 Å². The molecule has 4 nitrogen and oxygen atoms in total. The van der Waals surface area contributed by atoms with Crippen LogP contribution in [0.1, 0.15) is 67.7 Å². The summed E-state index contributed by atoms with van der Waals surface area (Å²) in [6.07, 6.45) is 3.20. The van der Waals surface area contributed by atoms with Crippen molar-refractivity contribution in [3.8, 4) is 0 Å². The summed E-state index contributed by atoms with van der Waals surface area (Å²) >= 11 is 0. The highest BCUT2D eigenvalue weighted by molar-refractivity contribution is 5.85. The molecule has 0 heterocycles. The summed E-state index contributed by atoms with van der Waals surface area (Å²) in [5.41, 5.74) is -0.532. The van der Waals surface area contributed by atoms with Crippen LogP contribution in [0.3, 0.4) is 0 Å². The predicted molar refractivity (Wildman–Crippen MR) is 88.3 cm³/mol. The molecule has 1 fully saturated rings. The number of ether oxygens (including phenoxy) is 1. The Balaban J connectivity index is 2.67. The van der Waals surface area contributed by atoms with Crippen molar-refractivity contribution in [1.29, 1.82) is 0 Å². The van der Waals surface area contributed by atoms with Crippen LogP contribution in [-0.2, 0) is 14.3 Å². The van der Waals surface area contributed by atoms with E-state index in [1.54, 1.807) is 6.92 Å². The smallest absolute Gasteiger partial charge is 0.328 e. The first-order chi connectivity index (χ1) is 10.0. The number of esters is 1. The Morgan fingerprint density at radius 2 is 1.73 bits per heavy atom. The molecule has 1 amide bonds. The maximum atomic E-state index is 12.6. The van der Waals surface area contributed by atoms with Crippen molar-refractivity contribution in [1.82, 2.24) is 5.32 Å². The minimum absolute atomic E-state index is 0.00334. The molecule has 0 bridgehead atoms. The van der Waals surface area contributed by atoms with E-state index in [4.69, 9.17) is 4.74 Å². The third-order valence-electron chi connectivity index (χ3n) is 4.48. The molecule has 0 aromatic heterocycles. The molecule has 1 aliphatic carbocycles. The summed E-state index contributed by atoms with van der Waals surface area (Å²) in [6, 6.07) is -0.600. The van der Waals surface area contributed by atoms with E-state index in [-0.39, 0.29) is 17.8 Å². The molecule has 0 spiro atoms. The van der Waals surface area contributed by atoms with Crippen molar-refractivity contribution >= 4 is 11.9 Å². The number of carbonyl (C=O) groups is 2. The van der Waals surface area contributed by atoms with E-state index in [2.05, 4.69) is 26.1 Å². The van der Waals surface area contributed by atoms with E-state index >= 15 is 0 Å². The van der Waals surface area contributed by atoms with E-state index < -0.39 is 11.6 Å². The highest BCUT2D eigenvalue weighted by Crippen LogP contribution is 2.38. The lowest BCUT2D eigenvalue weighted by Gasteiger charge is -2.36. The van der Waals surface area contributed by atoms with Crippen LogP contribution in [-0.4, -0.2) is 23.5 Å². The highest BCUT2D eigenvalue weighted by atomic mass is 16.6. The second-order valence-electron chi connectivity index (χ2n) is 8.20. The fourth-order valence-electron chi connectivity index (χ4n) is 3.27. The van der Waals surface area contributed by atoms with Crippen LogP contribution >= 0.6 is 0 Å². The molecule has 1 aliphatic rings. The van der Waals surface area contributed by atoms with Crippen LogP contribution < -0.4 is 5.32 Å². The van der Waals surface area contributed by atoms with Gasteiger partial charge in [0, 0.05) is 5.92 Å². The van der Waals surface area contributed by atoms with Gasteiger partial charge >= 0.3 is 5.97 Å². The standard InChI is InChI=1S/C18H33NO3/c1-11(2)14-9-8-12(3)10-15(14)16(20)19-13(4)17(21)22-18(5,6)7/h11-15H,8-10H2,1-7H3,(H,19,20)/t12-,13-,14+,15-/m1/s1. The molecule has 0 unspecified atom stereocenters. The summed E-state index contributed by atoms with van der Waals surface area (Å²) in [5, 5.41) is 2.86. The molecule has 0 radical (unpaired) electrons. The molecule has 0 saturated heterocycles. The SMILES string of the molecule is CC(C)[C@@H]1CC[C@@H](C)C[C@H]1C(=O)N[C@H](C)C(=O)OC(C)(C)C. The van der Waals surface area contributed by atoms with E-state index in [0.717, 1.165) is 12.8 Å². The second kappa shape index (κ2) is 7.47. The Hall–Kier alpha value is -1.06. The maximum absolute atomic E-state index is 12.6. The lowest BCUT2D eigenvalue weighted by molar-refractivity contribution is -0.158. The lowest BCUT2D eigenvalue weighted by atomic mass is 9.69. The monoisotopic (exact) mass is 311 g/mol. The van der Waals surface area contributed by atoms with Crippen molar-refractivity contribution in [2.75, 3.05) is 0 Å². The first kappa shape index (κ1) is 19.0. The Labute approximate surface area is 135 Å². The average molecular weight is 311 g/mol. The van der Waals surface area contributed by atoms with Crippen LogP contribution in [0, 0.1) is 23.7 Å². The van der Waals surface area contributed by atoms with Gasteiger partial charge in [-0.3, -0.25) is 4.79 Å². The Morgan fingerprint density at radius 3 is 2.23 bits per heavy atom. The number of hydrogen-bond acceptors (Lipinski definition) is 3. The topological polar surface area (TPSA) is 55.4 Å². The van der Waals surface area contributed by atoms with Gasteiger partial charge in [0.15, 0.2) is 0 Å². The van der Waals surface area contributed by atoms with Gasteiger partial charge in [0.2, 0.25) is 5.91 Å². The van der Waals surface area contributed by atoms with Gasteiger partial charge in [0.25, 0.3) is 0 Å². The minimum atomic E-state index is -0.600. The first-order valence-corrected chi connectivity index (χ1v) is 8.54. The number of hydrogen-bond donors (Lipinski definition) is 1. The third-order valence-corrected chi connectivity index (χ3v) is 4.48. The van der Waals surface area contributed by atoms with Gasteiger partial charge in [0.1, 0.15) is 11.6 Å². The minimum Gasteiger partial charge on any atom is -0.458 e. The molecule has 1 N–H and O–H groups in total. The van der Waals surface area contributed by atoms with E-state index in [0.29, 0.717) is 17.8 Å². The van der Waals surface area contributed by atoms with E-state index in [9.17, 15) is 9.59 Å². The van der Waals surface area contributed by atoms with Crippen molar-refractivity contribution in [3.05, 3.63) is 0 Å². The molecule has 0 aromatic rings. The molecule has 4 heteroatoms. The molecule has 1 rings (SSSR count). The summed E-state index contributed by atoms with van der Waals surface area (Å²) in [7, 11) is 0. The third kappa shape index (κ3) is 5.62. The van der Waals surface area contributed by atoms with Gasteiger partial charge in [-0.15, -0.1) is 0 Å². The quantitative estimate of drug-likeness (QED) is 0.808. The normalized spacial score (nSPS) is 27.4. The van der Waals surface area contributed by atoms with Crippen LogP contribution in [0.15, 0.2) is 0 Å². The molecule has 0 aromatic carbocycles. The maximum Gasteiger partial charge on any atom is 0.328 e. The van der Waals surface area contributed by atoms with E-state index in [1.807, 2.05) is 20.8 Å². The van der Waals surface area contributed by atoms with Crippen molar-refractivity contribution in [3.63, 3.8) is 0 Å². The zero-order chi connectivity index (χ0) is 17.1. The van der Waals surface area contributed by atoms with Gasteiger partial charge in [-0.25, -0.2) is 4.79 Å². The van der Waals surface area contributed by atoms with Gasteiger partial charge < -0.3 is 10.1 Å². The molecule has 4 atom stereocenters. The number of amides is 1. The number of nitrogens with one attached hydrogen (secondary N) is 1. The van der Waals surface area contributed by atoms with Crippen LogP contribution in [0.5, 0.6) is 0 Å². The molecular weight excluding hydrogens is 278 g/mol. The molecule has 128 valence electrons. The number of carbonyl (C=O) groups excluding carboxylic acids is 2. The second-order valence-corrected chi connectivity index (χ2v) is 8.20. The van der Waals surface area contributed by atoms with Gasteiger partial charge in [-0.05, 0) is 58.3 Å². The van der Waals surface area contributed by atoms with Gasteiger partial charge in [-0.1, -0.05) is 27.2 Å². The summed E-state index contributed by atoms with van der Waals surface area (Å²) in [6.45, 7) is 13.7. The molecule has 22 heavy (non-hydrogen) atoms. The van der Waals surface area contributed by atoms with Crippen molar-refractivity contribution in [2.45, 2.75) is 79.4 Å². The van der Waals surface area contributed by atoms with Crippen LogP contribution in [0.4, 0.5) is 0 Å². The molecular formula is C18H33NO3. The predicted octanol–water partition coefficient (Wildman–Crippen LogP) is 3.54. The average Bonchev–Trinajstić information content (AvgIpc) is 2.35. The van der Waals surface area contributed by atoms with Crippen molar-refractivity contribution < 1.29 is 14.3 Å². The zero-order valence-electron chi connectivity index (χ0n) is 15.2. The Morgan fingerprint density at radius 1 is 1.14 bits per heavy atom. The Bertz CT molecular complexity index is 398. The van der Waals surface area contributed by atoms with Gasteiger partial charge in [0.05, 0.1) is 0 Å². The Kier molecular flexibility index (Phi) is 6.45. The fraction of sp³-hybridized carbons (Fsp3) is 0.889. The van der Waals surface area contributed by atoms with Crippen molar-refractivity contribution in [2.24, 2.45) is 23.7 Å².